The van der Waals surface area contributed by atoms with Crippen molar-refractivity contribution in [2.75, 3.05) is 7.05 Å². The number of thiophene rings is 1. The summed E-state index contributed by atoms with van der Waals surface area (Å²) in [7, 11) is 2.07. The zero-order valence-electron chi connectivity index (χ0n) is 13.1. The normalized spacial score (nSPS) is 11.5. The van der Waals surface area contributed by atoms with Crippen LogP contribution in [0, 0.1) is 13.8 Å². The lowest BCUT2D eigenvalue weighted by molar-refractivity contribution is 0.322. The van der Waals surface area contributed by atoms with E-state index < -0.39 is 0 Å². The Morgan fingerprint density at radius 3 is 2.64 bits per heavy atom. The Labute approximate surface area is 133 Å². The fourth-order valence-corrected chi connectivity index (χ4v) is 3.41. The molecule has 0 unspecified atom stereocenters. The summed E-state index contributed by atoms with van der Waals surface area (Å²) in [6, 6.07) is 9.87. The Balaban J connectivity index is 1.95. The summed E-state index contributed by atoms with van der Waals surface area (Å²) in [5.41, 5.74) is 3.77. The summed E-state index contributed by atoms with van der Waals surface area (Å²) >= 11 is 1.75. The Kier molecular flexibility index (Phi) is 4.14. The zero-order valence-corrected chi connectivity index (χ0v) is 13.9. The predicted octanol–water partition coefficient (Wildman–Crippen LogP) is 4.10. The van der Waals surface area contributed by atoms with Gasteiger partial charge < -0.3 is 4.42 Å². The lowest BCUT2D eigenvalue weighted by Crippen LogP contribution is -2.18. The molecule has 3 aromatic rings. The first-order valence-corrected chi connectivity index (χ1v) is 8.16. The van der Waals surface area contributed by atoms with Crippen LogP contribution < -0.4 is 5.63 Å². The van der Waals surface area contributed by atoms with Crippen molar-refractivity contribution in [3.8, 4) is 0 Å². The van der Waals surface area contributed by atoms with Gasteiger partial charge in [0.25, 0.3) is 0 Å². The van der Waals surface area contributed by atoms with Gasteiger partial charge in [0.15, 0.2) is 0 Å². The summed E-state index contributed by atoms with van der Waals surface area (Å²) < 4.78 is 5.35. The lowest BCUT2D eigenvalue weighted by atomic mass is 10.0. The van der Waals surface area contributed by atoms with Crippen molar-refractivity contribution in [2.24, 2.45) is 0 Å². The van der Waals surface area contributed by atoms with Gasteiger partial charge in [-0.1, -0.05) is 6.07 Å². The maximum atomic E-state index is 11.8. The summed E-state index contributed by atoms with van der Waals surface area (Å²) in [6.07, 6.45) is 0. The molecule has 0 atom stereocenters. The van der Waals surface area contributed by atoms with E-state index in [9.17, 15) is 4.79 Å². The molecular weight excluding hydrogens is 294 g/mol. The summed E-state index contributed by atoms with van der Waals surface area (Å²) in [6.45, 7) is 5.72. The van der Waals surface area contributed by atoms with Crippen LogP contribution in [0.15, 0.2) is 44.9 Å². The molecular formula is C18H19NO2S. The molecule has 0 saturated heterocycles. The van der Waals surface area contributed by atoms with E-state index in [1.54, 1.807) is 17.4 Å². The zero-order chi connectivity index (χ0) is 15.7. The third-order valence-corrected chi connectivity index (χ3v) is 4.75. The van der Waals surface area contributed by atoms with Gasteiger partial charge in [-0.25, -0.2) is 4.79 Å². The second-order valence-electron chi connectivity index (χ2n) is 5.77. The number of aryl methyl sites for hydroxylation is 2. The van der Waals surface area contributed by atoms with Crippen LogP contribution in [0.25, 0.3) is 11.0 Å². The number of fused-ring (bicyclic) bond motifs is 1. The maximum Gasteiger partial charge on any atom is 0.336 e. The first kappa shape index (κ1) is 15.0. The molecule has 3 rings (SSSR count). The van der Waals surface area contributed by atoms with E-state index in [-0.39, 0.29) is 5.63 Å². The molecule has 0 amide bonds. The Morgan fingerprint density at radius 1 is 1.14 bits per heavy atom. The molecule has 0 aliphatic carbocycles. The van der Waals surface area contributed by atoms with E-state index in [1.807, 2.05) is 13.0 Å². The fraction of sp³-hybridized carbons (Fsp3) is 0.278. The van der Waals surface area contributed by atoms with Gasteiger partial charge in [-0.3, -0.25) is 4.90 Å². The Morgan fingerprint density at radius 2 is 1.91 bits per heavy atom. The number of nitrogens with zero attached hydrogens (tertiary/aromatic N) is 1. The molecule has 22 heavy (non-hydrogen) atoms. The van der Waals surface area contributed by atoms with Crippen molar-refractivity contribution in [1.82, 2.24) is 4.90 Å². The lowest BCUT2D eigenvalue weighted by Gasteiger charge is -2.17. The topological polar surface area (TPSA) is 33.5 Å². The molecule has 1 aromatic carbocycles. The van der Waals surface area contributed by atoms with Crippen molar-refractivity contribution in [2.45, 2.75) is 26.9 Å². The minimum atomic E-state index is -0.282. The van der Waals surface area contributed by atoms with Gasteiger partial charge in [0.1, 0.15) is 5.58 Å². The van der Waals surface area contributed by atoms with E-state index >= 15 is 0 Å². The van der Waals surface area contributed by atoms with Crippen LogP contribution in [0.2, 0.25) is 0 Å². The summed E-state index contributed by atoms with van der Waals surface area (Å²) in [4.78, 5) is 15.4. The maximum absolute atomic E-state index is 11.8. The van der Waals surface area contributed by atoms with Gasteiger partial charge in [-0.2, -0.15) is 0 Å². The number of hydrogen-bond acceptors (Lipinski definition) is 4. The fourth-order valence-electron chi connectivity index (χ4n) is 2.63. The van der Waals surface area contributed by atoms with E-state index in [0.717, 1.165) is 29.6 Å². The quantitative estimate of drug-likeness (QED) is 0.680. The highest BCUT2D eigenvalue weighted by molar-refractivity contribution is 7.09. The Bertz CT molecular complexity index is 849. The summed E-state index contributed by atoms with van der Waals surface area (Å²) in [5, 5.41) is 3.11. The molecule has 0 N–H and O–H groups in total. The molecule has 0 radical (unpaired) electrons. The first-order chi connectivity index (χ1) is 10.5. The van der Waals surface area contributed by atoms with Gasteiger partial charge in [0.05, 0.1) is 0 Å². The molecule has 0 aliphatic rings. The molecule has 3 nitrogen and oxygen atoms in total. The molecule has 0 fully saturated rings. The molecule has 0 bridgehead atoms. The van der Waals surface area contributed by atoms with Crippen LogP contribution >= 0.6 is 11.3 Å². The van der Waals surface area contributed by atoms with Crippen LogP contribution in [0.5, 0.6) is 0 Å². The third kappa shape index (κ3) is 3.13. The molecule has 114 valence electrons. The highest BCUT2D eigenvalue weighted by atomic mass is 32.1. The summed E-state index contributed by atoms with van der Waals surface area (Å²) in [5.74, 6) is 0. The standard InChI is InChI=1S/C18H19NO2S/c1-12-7-16-14(9-18(20)21-17(16)8-13(12)2)10-19(3)11-15-5-4-6-22-15/h4-9H,10-11H2,1-3H3. The average molecular weight is 313 g/mol. The van der Waals surface area contributed by atoms with Gasteiger partial charge in [-0.05, 0) is 61.2 Å². The van der Waals surface area contributed by atoms with Crippen molar-refractivity contribution in [3.05, 3.63) is 67.7 Å². The first-order valence-electron chi connectivity index (χ1n) is 7.28. The molecule has 0 spiro atoms. The smallest absolute Gasteiger partial charge is 0.336 e. The number of hydrogen-bond donors (Lipinski definition) is 0. The van der Waals surface area contributed by atoms with Gasteiger partial charge >= 0.3 is 5.63 Å². The van der Waals surface area contributed by atoms with E-state index in [0.29, 0.717) is 5.58 Å². The van der Waals surface area contributed by atoms with Gasteiger partial charge in [0.2, 0.25) is 0 Å². The highest BCUT2D eigenvalue weighted by Crippen LogP contribution is 2.23. The molecule has 4 heteroatoms. The second kappa shape index (κ2) is 6.07. The minimum absolute atomic E-state index is 0.282. The predicted molar refractivity (Wildman–Crippen MR) is 91.4 cm³/mol. The Hall–Kier alpha value is -1.91. The monoisotopic (exact) mass is 313 g/mol. The number of rotatable bonds is 4. The minimum Gasteiger partial charge on any atom is -0.423 e. The molecule has 0 aliphatic heterocycles. The number of benzene rings is 1. The molecule has 0 saturated carbocycles. The van der Waals surface area contributed by atoms with Crippen LogP contribution in [-0.4, -0.2) is 11.9 Å². The molecule has 2 aromatic heterocycles. The average Bonchev–Trinajstić information content (AvgIpc) is 2.93. The van der Waals surface area contributed by atoms with Gasteiger partial charge in [-0.15, -0.1) is 11.3 Å². The van der Waals surface area contributed by atoms with E-state index in [4.69, 9.17) is 4.42 Å². The van der Waals surface area contributed by atoms with Crippen LogP contribution in [0.3, 0.4) is 0 Å². The third-order valence-electron chi connectivity index (χ3n) is 3.89. The van der Waals surface area contributed by atoms with E-state index in [2.05, 4.69) is 42.5 Å². The molecule has 2 heterocycles. The van der Waals surface area contributed by atoms with Gasteiger partial charge in [0, 0.05) is 29.4 Å². The van der Waals surface area contributed by atoms with Crippen molar-refractivity contribution < 1.29 is 4.42 Å². The second-order valence-corrected chi connectivity index (χ2v) is 6.81. The van der Waals surface area contributed by atoms with E-state index in [1.165, 1.54) is 10.4 Å². The van der Waals surface area contributed by atoms with Crippen LogP contribution in [-0.2, 0) is 13.1 Å². The SMILES string of the molecule is Cc1cc2oc(=O)cc(CN(C)Cc3cccs3)c2cc1C. The van der Waals surface area contributed by atoms with Crippen molar-refractivity contribution >= 4 is 22.3 Å². The van der Waals surface area contributed by atoms with Crippen LogP contribution in [0.4, 0.5) is 0 Å². The van der Waals surface area contributed by atoms with Crippen LogP contribution in [0.1, 0.15) is 21.6 Å². The highest BCUT2D eigenvalue weighted by Gasteiger charge is 2.10. The van der Waals surface area contributed by atoms with Crippen molar-refractivity contribution in [3.63, 3.8) is 0 Å². The van der Waals surface area contributed by atoms with Crippen molar-refractivity contribution in [1.29, 1.82) is 0 Å². The largest absolute Gasteiger partial charge is 0.423 e.